The van der Waals surface area contributed by atoms with E-state index < -0.39 is 5.60 Å². The molecule has 2 nitrogen and oxygen atoms in total. The Bertz CT molecular complexity index is 498. The molecule has 0 aliphatic carbocycles. The molecule has 2 unspecified atom stereocenters. The summed E-state index contributed by atoms with van der Waals surface area (Å²) < 4.78 is 5.70. The lowest BCUT2D eigenvalue weighted by atomic mass is 9.97. The molecule has 0 radical (unpaired) electrons. The molecule has 0 saturated carbocycles. The Morgan fingerprint density at radius 1 is 1.33 bits per heavy atom. The third-order valence-electron chi connectivity index (χ3n) is 3.61. The van der Waals surface area contributed by atoms with Crippen LogP contribution in [0.5, 0.6) is 0 Å². The van der Waals surface area contributed by atoms with E-state index in [1.807, 2.05) is 44.2 Å². The maximum Gasteiger partial charge on any atom is 0.313 e. The van der Waals surface area contributed by atoms with Gasteiger partial charge in [-0.05, 0) is 52.2 Å². The van der Waals surface area contributed by atoms with Crippen LogP contribution in [0.15, 0.2) is 54.6 Å². The number of esters is 1. The molecule has 1 rings (SSSR count). The van der Waals surface area contributed by atoms with Crippen LogP contribution in [-0.2, 0) is 9.53 Å². The number of hydrogen-bond acceptors (Lipinski definition) is 2. The fraction of sp³-hybridized carbons (Fsp3) is 0.421. The lowest BCUT2D eigenvalue weighted by Gasteiger charge is -2.27. The van der Waals surface area contributed by atoms with E-state index in [0.29, 0.717) is 0 Å². The minimum Gasteiger partial charge on any atom is -0.455 e. The molecule has 1 aromatic carbocycles. The van der Waals surface area contributed by atoms with Gasteiger partial charge in [0.25, 0.3) is 0 Å². The molecule has 0 saturated heterocycles. The Balaban J connectivity index is 2.69. The molecule has 0 aromatic heterocycles. The highest BCUT2D eigenvalue weighted by Gasteiger charge is 2.27. The van der Waals surface area contributed by atoms with E-state index >= 15 is 0 Å². The Morgan fingerprint density at radius 3 is 2.48 bits per heavy atom. The van der Waals surface area contributed by atoms with Gasteiger partial charge in [-0.2, -0.15) is 0 Å². The molecule has 0 heterocycles. The van der Waals surface area contributed by atoms with Gasteiger partial charge in [0.2, 0.25) is 0 Å². The topological polar surface area (TPSA) is 26.3 Å². The van der Waals surface area contributed by atoms with Gasteiger partial charge in [-0.25, -0.2) is 0 Å². The van der Waals surface area contributed by atoms with Crippen molar-refractivity contribution in [3.8, 4) is 0 Å². The van der Waals surface area contributed by atoms with Gasteiger partial charge in [0.15, 0.2) is 0 Å². The monoisotopic (exact) mass is 286 g/mol. The number of benzene rings is 1. The smallest absolute Gasteiger partial charge is 0.313 e. The average molecular weight is 286 g/mol. The van der Waals surface area contributed by atoms with Crippen LogP contribution in [-0.4, -0.2) is 11.6 Å². The first-order valence-electron chi connectivity index (χ1n) is 7.43. The van der Waals surface area contributed by atoms with E-state index in [9.17, 15) is 4.79 Å². The summed E-state index contributed by atoms with van der Waals surface area (Å²) in [7, 11) is 0. The van der Waals surface area contributed by atoms with Gasteiger partial charge in [-0.15, -0.1) is 0 Å². The van der Waals surface area contributed by atoms with E-state index in [1.165, 1.54) is 5.57 Å². The quantitative estimate of drug-likeness (QED) is 0.519. The first kappa shape index (κ1) is 17.2. The van der Waals surface area contributed by atoms with Crippen LogP contribution in [0.2, 0.25) is 0 Å². The van der Waals surface area contributed by atoms with Crippen LogP contribution in [0.25, 0.3) is 0 Å². The summed E-state index contributed by atoms with van der Waals surface area (Å²) in [6, 6.07) is 9.69. The summed E-state index contributed by atoms with van der Waals surface area (Å²) in [5, 5.41) is 0. The second kappa shape index (κ2) is 7.82. The molecule has 21 heavy (non-hydrogen) atoms. The SMILES string of the molecule is C=CC(C)(CCC=C(C)C)OC(=O)C(C)c1ccccc1. The van der Waals surface area contributed by atoms with E-state index in [2.05, 4.69) is 26.5 Å². The summed E-state index contributed by atoms with van der Waals surface area (Å²) >= 11 is 0. The van der Waals surface area contributed by atoms with Gasteiger partial charge in [0.05, 0.1) is 5.92 Å². The number of hydrogen-bond donors (Lipinski definition) is 0. The summed E-state index contributed by atoms with van der Waals surface area (Å²) in [6.45, 7) is 11.7. The standard InChI is InChI=1S/C19H26O2/c1-6-19(5,14-10-11-15(2)3)21-18(20)16(4)17-12-8-7-9-13-17/h6-9,11-13,16H,1,10,14H2,2-5H3. The molecule has 2 heteroatoms. The van der Waals surface area contributed by atoms with Crippen molar-refractivity contribution >= 4 is 5.97 Å². The van der Waals surface area contributed by atoms with Crippen molar-refractivity contribution < 1.29 is 9.53 Å². The lowest BCUT2D eigenvalue weighted by molar-refractivity contribution is -0.155. The van der Waals surface area contributed by atoms with Crippen LogP contribution in [0.1, 0.15) is 52.0 Å². The highest BCUT2D eigenvalue weighted by atomic mass is 16.6. The van der Waals surface area contributed by atoms with Gasteiger partial charge in [0, 0.05) is 0 Å². The molecule has 2 atom stereocenters. The van der Waals surface area contributed by atoms with E-state index in [4.69, 9.17) is 4.74 Å². The molecule has 0 bridgehead atoms. The van der Waals surface area contributed by atoms with Gasteiger partial charge in [-0.1, -0.05) is 48.6 Å². The van der Waals surface area contributed by atoms with Crippen molar-refractivity contribution in [2.45, 2.75) is 52.1 Å². The summed E-state index contributed by atoms with van der Waals surface area (Å²) in [4.78, 5) is 12.3. The predicted octanol–water partition coefficient (Wildman–Crippen LogP) is 5.02. The highest BCUT2D eigenvalue weighted by molar-refractivity contribution is 5.78. The third-order valence-corrected chi connectivity index (χ3v) is 3.61. The van der Waals surface area contributed by atoms with Crippen LogP contribution < -0.4 is 0 Å². The van der Waals surface area contributed by atoms with Crippen molar-refractivity contribution in [1.29, 1.82) is 0 Å². The molecule has 1 aromatic rings. The minimum absolute atomic E-state index is 0.208. The number of allylic oxidation sites excluding steroid dienone is 2. The minimum atomic E-state index is -0.619. The van der Waals surface area contributed by atoms with E-state index in [0.717, 1.165) is 18.4 Å². The molecule has 0 aliphatic rings. The van der Waals surface area contributed by atoms with Gasteiger partial charge >= 0.3 is 5.97 Å². The van der Waals surface area contributed by atoms with Crippen molar-refractivity contribution in [1.82, 2.24) is 0 Å². The molecule has 0 amide bonds. The molecule has 0 N–H and O–H groups in total. The van der Waals surface area contributed by atoms with Crippen LogP contribution >= 0.6 is 0 Å². The summed E-state index contributed by atoms with van der Waals surface area (Å²) in [5.41, 5.74) is 1.62. The average Bonchev–Trinajstić information content (AvgIpc) is 2.46. The van der Waals surface area contributed by atoms with Crippen LogP contribution in [0.4, 0.5) is 0 Å². The third kappa shape index (κ3) is 5.58. The van der Waals surface area contributed by atoms with Crippen LogP contribution in [0, 0.1) is 0 Å². The highest BCUT2D eigenvalue weighted by Crippen LogP contribution is 2.25. The van der Waals surface area contributed by atoms with Gasteiger partial charge in [-0.3, -0.25) is 4.79 Å². The first-order valence-corrected chi connectivity index (χ1v) is 7.43. The van der Waals surface area contributed by atoms with Crippen molar-refractivity contribution in [2.75, 3.05) is 0 Å². The molecular weight excluding hydrogens is 260 g/mol. The lowest BCUT2D eigenvalue weighted by Crippen LogP contribution is -2.31. The Kier molecular flexibility index (Phi) is 6.41. The van der Waals surface area contributed by atoms with Crippen molar-refractivity contribution in [2.24, 2.45) is 0 Å². The second-order valence-electron chi connectivity index (χ2n) is 5.89. The summed E-state index contributed by atoms with van der Waals surface area (Å²) in [5.74, 6) is -0.477. The summed E-state index contributed by atoms with van der Waals surface area (Å²) in [6.07, 6.45) is 5.49. The van der Waals surface area contributed by atoms with Gasteiger partial charge in [0.1, 0.15) is 5.60 Å². The Morgan fingerprint density at radius 2 is 1.95 bits per heavy atom. The fourth-order valence-corrected chi connectivity index (χ4v) is 2.04. The first-order chi connectivity index (χ1) is 9.88. The molecular formula is C19H26O2. The maximum atomic E-state index is 12.3. The Hall–Kier alpha value is -1.83. The largest absolute Gasteiger partial charge is 0.455 e. The number of carbonyl (C=O) groups is 1. The van der Waals surface area contributed by atoms with Crippen molar-refractivity contribution in [3.63, 3.8) is 0 Å². The number of ether oxygens (including phenoxy) is 1. The normalized spacial score (nSPS) is 14.7. The zero-order chi connectivity index (χ0) is 15.9. The van der Waals surface area contributed by atoms with Crippen LogP contribution in [0.3, 0.4) is 0 Å². The maximum absolute atomic E-state index is 12.3. The number of rotatable bonds is 7. The predicted molar refractivity (Wildman–Crippen MR) is 88.2 cm³/mol. The van der Waals surface area contributed by atoms with Crippen molar-refractivity contribution in [3.05, 3.63) is 60.2 Å². The van der Waals surface area contributed by atoms with E-state index in [-0.39, 0.29) is 11.9 Å². The number of carbonyl (C=O) groups excluding carboxylic acids is 1. The molecule has 0 spiro atoms. The molecule has 114 valence electrons. The molecule has 0 aliphatic heterocycles. The Labute approximate surface area is 128 Å². The fourth-order valence-electron chi connectivity index (χ4n) is 2.04. The molecule has 0 fully saturated rings. The van der Waals surface area contributed by atoms with E-state index in [1.54, 1.807) is 6.08 Å². The zero-order valence-corrected chi connectivity index (χ0v) is 13.6. The zero-order valence-electron chi connectivity index (χ0n) is 13.6. The second-order valence-corrected chi connectivity index (χ2v) is 5.89. The van der Waals surface area contributed by atoms with Gasteiger partial charge < -0.3 is 4.74 Å².